The molecule has 4 aliphatic rings. The highest BCUT2D eigenvalue weighted by Gasteiger charge is 2.64. The van der Waals surface area contributed by atoms with Crippen LogP contribution in [0.3, 0.4) is 0 Å². The Balaban J connectivity index is 1.28. The van der Waals surface area contributed by atoms with Crippen molar-refractivity contribution in [2.45, 2.75) is 77.2 Å². The van der Waals surface area contributed by atoms with Gasteiger partial charge in [0.05, 0.1) is 10.6 Å². The van der Waals surface area contributed by atoms with E-state index in [0.717, 1.165) is 50.7 Å². The van der Waals surface area contributed by atoms with Crippen molar-refractivity contribution in [2.75, 3.05) is 0 Å². The van der Waals surface area contributed by atoms with E-state index in [2.05, 4.69) is 24.9 Å². The number of aliphatic hydroxyl groups is 1. The molecule has 0 radical (unpaired) electrons. The van der Waals surface area contributed by atoms with Crippen molar-refractivity contribution in [1.82, 2.24) is 0 Å². The number of hydrogen-bond donors (Lipinski definition) is 1. The van der Waals surface area contributed by atoms with Crippen LogP contribution in [0.2, 0.25) is 0 Å². The number of oxime groups is 1. The normalized spacial score (nSPS) is 43.2. The van der Waals surface area contributed by atoms with E-state index >= 15 is 0 Å². The fourth-order valence-corrected chi connectivity index (χ4v) is 8.14. The van der Waals surface area contributed by atoms with Crippen LogP contribution >= 0.6 is 0 Å². The fraction of sp³-hybridized carbons (Fsp3) is 0.667. The lowest BCUT2D eigenvalue weighted by atomic mass is 9.44. The van der Waals surface area contributed by atoms with Crippen molar-refractivity contribution in [3.05, 3.63) is 34.4 Å². The monoisotopic (exact) mass is 450 g/mol. The van der Waals surface area contributed by atoms with Gasteiger partial charge in [-0.1, -0.05) is 24.9 Å². The molecule has 6 nitrogen and oxygen atoms in total. The molecule has 0 unspecified atom stereocenters. The number of rotatable bonds is 3. The first-order chi connectivity index (χ1) is 15.7. The molecule has 0 spiro atoms. The summed E-state index contributed by atoms with van der Waals surface area (Å²) in [4.78, 5) is 16.0. The number of nitro benzene ring substituents is 1. The van der Waals surface area contributed by atoms with E-state index in [4.69, 9.17) is 11.3 Å². The number of benzene rings is 1. The summed E-state index contributed by atoms with van der Waals surface area (Å²) >= 11 is 0. The zero-order valence-electron chi connectivity index (χ0n) is 19.6. The highest BCUT2D eigenvalue weighted by molar-refractivity contribution is 5.85. The summed E-state index contributed by atoms with van der Waals surface area (Å²) < 4.78 is 0. The number of nitrogens with zero attached hydrogens (tertiary/aromatic N) is 2. The minimum absolute atomic E-state index is 0.0479. The Hall–Kier alpha value is -2.39. The second-order valence-corrected chi connectivity index (χ2v) is 11.4. The van der Waals surface area contributed by atoms with Gasteiger partial charge in [0, 0.05) is 17.5 Å². The fourth-order valence-electron chi connectivity index (χ4n) is 8.14. The third-order valence-electron chi connectivity index (χ3n) is 10.2. The van der Waals surface area contributed by atoms with Crippen molar-refractivity contribution in [1.29, 1.82) is 0 Å². The van der Waals surface area contributed by atoms with E-state index in [1.165, 1.54) is 25.0 Å². The van der Waals surface area contributed by atoms with Crippen LogP contribution in [0.25, 0.3) is 0 Å². The highest BCUT2D eigenvalue weighted by Crippen LogP contribution is 2.68. The molecule has 4 aliphatic carbocycles. The van der Waals surface area contributed by atoms with Crippen LogP contribution in [-0.4, -0.2) is 21.3 Å². The van der Waals surface area contributed by atoms with Gasteiger partial charge in [-0.2, -0.15) is 0 Å². The quantitative estimate of drug-likeness (QED) is 0.362. The summed E-state index contributed by atoms with van der Waals surface area (Å²) in [5, 5.41) is 26.4. The molecule has 33 heavy (non-hydrogen) atoms. The average Bonchev–Trinajstić information content (AvgIpc) is 3.09. The molecule has 0 amide bonds. The Morgan fingerprint density at radius 1 is 1.12 bits per heavy atom. The molecule has 0 bridgehead atoms. The summed E-state index contributed by atoms with van der Waals surface area (Å²) in [5.74, 6) is 5.77. The minimum Gasteiger partial charge on any atom is -0.377 e. The molecule has 6 heteroatoms. The van der Waals surface area contributed by atoms with Gasteiger partial charge < -0.3 is 9.94 Å². The molecule has 0 saturated heterocycles. The van der Waals surface area contributed by atoms with Crippen LogP contribution in [0, 0.1) is 57.0 Å². The third kappa shape index (κ3) is 3.39. The molecular weight excluding hydrogens is 416 g/mol. The maximum atomic E-state index is 11.2. The predicted octanol–water partition coefficient (Wildman–Crippen LogP) is 5.74. The standard InChI is InChI=1S/C27H34N2O4/c1-4-27(30)16-13-24-22-10-5-18-17-19(28-33-21-8-6-20(7-9-21)29(31)32)11-14-25(18,2)23(22)12-15-26(24,27)3/h1,6-9,18,22-24,30H,5,10-17H2,2-3H3/b28-19-/t18-,22+,23-,24-,25-,26-,27-/m0/s1. The van der Waals surface area contributed by atoms with E-state index in [0.29, 0.717) is 34.8 Å². The number of fused-ring (bicyclic) bond motifs is 5. The summed E-state index contributed by atoms with van der Waals surface area (Å²) in [5.41, 5.74) is 0.353. The maximum Gasteiger partial charge on any atom is 0.269 e. The van der Waals surface area contributed by atoms with Gasteiger partial charge in [-0.15, -0.1) is 6.42 Å². The van der Waals surface area contributed by atoms with Gasteiger partial charge in [0.1, 0.15) is 5.60 Å². The molecule has 5 rings (SSSR count). The topological polar surface area (TPSA) is 85.0 Å². The predicted molar refractivity (Wildman–Crippen MR) is 127 cm³/mol. The Morgan fingerprint density at radius 2 is 1.85 bits per heavy atom. The molecule has 176 valence electrons. The van der Waals surface area contributed by atoms with Gasteiger partial charge >= 0.3 is 0 Å². The van der Waals surface area contributed by atoms with Crippen LogP contribution in [-0.2, 0) is 0 Å². The van der Waals surface area contributed by atoms with Crippen LogP contribution in [0.5, 0.6) is 5.75 Å². The van der Waals surface area contributed by atoms with Crippen molar-refractivity contribution < 1.29 is 14.9 Å². The summed E-state index contributed by atoms with van der Waals surface area (Å²) in [6.45, 7) is 4.74. The van der Waals surface area contributed by atoms with E-state index in [-0.39, 0.29) is 11.1 Å². The largest absolute Gasteiger partial charge is 0.377 e. The van der Waals surface area contributed by atoms with E-state index in [1.807, 2.05) is 0 Å². The SMILES string of the molecule is C#C[C@]1(O)CC[C@H]2[C@@H]3CC[C@H]4C/C(=N\Oc5ccc([N+](=O)[O-])cc5)CC[C@]4(C)[C@H]3CC[C@@]21C. The smallest absolute Gasteiger partial charge is 0.269 e. The Kier molecular flexibility index (Phi) is 5.32. The molecule has 4 saturated carbocycles. The highest BCUT2D eigenvalue weighted by atomic mass is 16.6. The molecule has 1 N–H and O–H groups in total. The second-order valence-electron chi connectivity index (χ2n) is 11.4. The minimum atomic E-state index is -0.942. The molecular formula is C27H34N2O4. The average molecular weight is 451 g/mol. The van der Waals surface area contributed by atoms with Gasteiger partial charge in [-0.05, 0) is 99.0 Å². The van der Waals surface area contributed by atoms with Gasteiger partial charge in [-0.3, -0.25) is 10.1 Å². The van der Waals surface area contributed by atoms with Gasteiger partial charge in [-0.25, -0.2) is 0 Å². The van der Waals surface area contributed by atoms with Crippen molar-refractivity contribution in [2.24, 2.45) is 39.7 Å². The Morgan fingerprint density at radius 3 is 2.55 bits per heavy atom. The Labute approximate surface area is 195 Å². The molecule has 0 aromatic heterocycles. The molecule has 4 fully saturated rings. The van der Waals surface area contributed by atoms with Crippen molar-refractivity contribution in [3.63, 3.8) is 0 Å². The Bertz CT molecular complexity index is 1010. The summed E-state index contributed by atoms with van der Waals surface area (Å²) in [6.07, 6.45) is 15.2. The first kappa shape index (κ1) is 22.4. The van der Waals surface area contributed by atoms with Crippen LogP contribution in [0.4, 0.5) is 5.69 Å². The van der Waals surface area contributed by atoms with E-state index in [9.17, 15) is 15.2 Å². The van der Waals surface area contributed by atoms with Crippen molar-refractivity contribution >= 4 is 11.4 Å². The molecule has 1 aromatic rings. The second kappa shape index (κ2) is 7.84. The van der Waals surface area contributed by atoms with Crippen LogP contribution < -0.4 is 4.84 Å². The molecule has 0 aliphatic heterocycles. The van der Waals surface area contributed by atoms with Crippen molar-refractivity contribution in [3.8, 4) is 18.1 Å². The van der Waals surface area contributed by atoms with Gasteiger partial charge in [0.25, 0.3) is 5.69 Å². The van der Waals surface area contributed by atoms with E-state index in [1.54, 1.807) is 12.1 Å². The lowest BCUT2D eigenvalue weighted by Gasteiger charge is -2.60. The first-order valence-electron chi connectivity index (χ1n) is 12.4. The first-order valence-corrected chi connectivity index (χ1v) is 12.4. The molecule has 7 atom stereocenters. The van der Waals surface area contributed by atoms with Crippen LogP contribution in [0.15, 0.2) is 29.4 Å². The molecule has 1 aromatic carbocycles. The zero-order valence-corrected chi connectivity index (χ0v) is 19.6. The zero-order chi connectivity index (χ0) is 23.4. The molecule has 0 heterocycles. The number of nitro groups is 1. The maximum absolute atomic E-state index is 11.2. The van der Waals surface area contributed by atoms with Crippen LogP contribution in [0.1, 0.15) is 71.6 Å². The lowest BCUT2D eigenvalue weighted by Crippen LogP contribution is -2.56. The lowest BCUT2D eigenvalue weighted by molar-refractivity contribution is -0.384. The number of hydrogen-bond acceptors (Lipinski definition) is 5. The summed E-state index contributed by atoms with van der Waals surface area (Å²) in [6, 6.07) is 6.07. The van der Waals surface area contributed by atoms with Gasteiger partial charge in [0.15, 0.2) is 5.75 Å². The third-order valence-corrected chi connectivity index (χ3v) is 10.2. The summed E-state index contributed by atoms with van der Waals surface area (Å²) in [7, 11) is 0. The number of terminal acetylenes is 1. The van der Waals surface area contributed by atoms with E-state index < -0.39 is 10.5 Å². The number of non-ortho nitro benzene ring substituents is 1. The van der Waals surface area contributed by atoms with Gasteiger partial charge in [0.2, 0.25) is 0 Å².